The molecule has 4 rings (SSSR count). The van der Waals surface area contributed by atoms with Gasteiger partial charge in [-0.25, -0.2) is 14.8 Å². The molecule has 124 valence electrons. The van der Waals surface area contributed by atoms with E-state index in [2.05, 4.69) is 32.0 Å². The minimum Gasteiger partial charge on any atom is -0.450 e. The SMILES string of the molecule is CC1CCC(OC(=O)O)CN1c1cn[nH]c2cnc3nccc3c12. The molecule has 0 aromatic carbocycles. The van der Waals surface area contributed by atoms with Crippen molar-refractivity contribution in [2.45, 2.75) is 31.9 Å². The van der Waals surface area contributed by atoms with E-state index in [1.807, 2.05) is 6.07 Å². The van der Waals surface area contributed by atoms with Crippen LogP contribution < -0.4 is 4.90 Å². The first-order chi connectivity index (χ1) is 11.6. The summed E-state index contributed by atoms with van der Waals surface area (Å²) in [5.41, 5.74) is 2.45. The van der Waals surface area contributed by atoms with Gasteiger partial charge in [0.15, 0.2) is 5.65 Å². The number of aromatic amines is 1. The molecule has 3 aromatic heterocycles. The lowest BCUT2D eigenvalue weighted by Gasteiger charge is -2.39. The molecule has 2 unspecified atom stereocenters. The molecule has 0 amide bonds. The van der Waals surface area contributed by atoms with E-state index in [-0.39, 0.29) is 12.1 Å². The highest BCUT2D eigenvalue weighted by Crippen LogP contribution is 2.34. The van der Waals surface area contributed by atoms with Gasteiger partial charge in [-0.15, -0.1) is 0 Å². The van der Waals surface area contributed by atoms with Gasteiger partial charge in [0, 0.05) is 23.0 Å². The topological polar surface area (TPSA) is 104 Å². The second kappa shape index (κ2) is 5.63. The first-order valence-corrected chi connectivity index (χ1v) is 7.86. The summed E-state index contributed by atoms with van der Waals surface area (Å²) in [7, 11) is 0. The molecule has 0 bridgehead atoms. The van der Waals surface area contributed by atoms with Crippen molar-refractivity contribution in [3.8, 4) is 0 Å². The third-order valence-corrected chi connectivity index (χ3v) is 4.58. The molecule has 0 aliphatic carbocycles. The molecule has 2 atom stereocenters. The zero-order valence-corrected chi connectivity index (χ0v) is 13.1. The molecule has 1 saturated heterocycles. The van der Waals surface area contributed by atoms with E-state index in [1.165, 1.54) is 0 Å². The third-order valence-electron chi connectivity index (χ3n) is 4.58. The Morgan fingerprint density at radius 3 is 3.08 bits per heavy atom. The van der Waals surface area contributed by atoms with Gasteiger partial charge in [0.1, 0.15) is 6.10 Å². The van der Waals surface area contributed by atoms with Crippen LogP contribution in [0.5, 0.6) is 0 Å². The predicted octanol–water partition coefficient (Wildman–Crippen LogP) is 2.56. The fourth-order valence-corrected chi connectivity index (χ4v) is 3.41. The summed E-state index contributed by atoms with van der Waals surface area (Å²) in [4.78, 5) is 21.6. The maximum Gasteiger partial charge on any atom is 0.506 e. The molecule has 8 heteroatoms. The van der Waals surface area contributed by atoms with Crippen molar-refractivity contribution in [2.24, 2.45) is 0 Å². The number of carbonyl (C=O) groups is 1. The molecule has 0 spiro atoms. The molecule has 4 heterocycles. The van der Waals surface area contributed by atoms with Gasteiger partial charge >= 0.3 is 6.16 Å². The second-order valence-corrected chi connectivity index (χ2v) is 6.07. The first-order valence-electron chi connectivity index (χ1n) is 7.86. The summed E-state index contributed by atoms with van der Waals surface area (Å²) in [5, 5.41) is 18.0. The molecular formula is C16H17N5O3. The number of carboxylic acid groups (broad SMARTS) is 1. The zero-order chi connectivity index (χ0) is 16.7. The highest BCUT2D eigenvalue weighted by atomic mass is 16.7. The Kier molecular flexibility index (Phi) is 3.44. The van der Waals surface area contributed by atoms with Gasteiger partial charge in [-0.1, -0.05) is 0 Å². The van der Waals surface area contributed by atoms with Crippen molar-refractivity contribution in [1.29, 1.82) is 0 Å². The zero-order valence-electron chi connectivity index (χ0n) is 13.1. The normalized spacial score (nSPS) is 21.3. The number of rotatable bonds is 2. The molecule has 3 aromatic rings. The number of H-pyrrole nitrogens is 1. The maximum atomic E-state index is 10.9. The predicted molar refractivity (Wildman–Crippen MR) is 88.1 cm³/mol. The van der Waals surface area contributed by atoms with E-state index in [0.717, 1.165) is 34.8 Å². The fraction of sp³-hybridized carbons (Fsp3) is 0.375. The number of fused-ring (bicyclic) bond motifs is 3. The number of anilines is 1. The lowest BCUT2D eigenvalue weighted by Crippen LogP contribution is -2.45. The van der Waals surface area contributed by atoms with E-state index in [4.69, 9.17) is 9.84 Å². The Bertz CT molecular complexity index is 909. The van der Waals surface area contributed by atoms with Crippen LogP contribution in [0, 0.1) is 0 Å². The van der Waals surface area contributed by atoms with Crippen molar-refractivity contribution in [1.82, 2.24) is 20.2 Å². The van der Waals surface area contributed by atoms with Gasteiger partial charge in [-0.2, -0.15) is 5.10 Å². The molecule has 8 nitrogen and oxygen atoms in total. The second-order valence-electron chi connectivity index (χ2n) is 6.07. The Morgan fingerprint density at radius 1 is 1.38 bits per heavy atom. The summed E-state index contributed by atoms with van der Waals surface area (Å²) >= 11 is 0. The molecule has 1 aliphatic heterocycles. The minimum atomic E-state index is -1.23. The van der Waals surface area contributed by atoms with E-state index in [0.29, 0.717) is 12.2 Å². The van der Waals surface area contributed by atoms with Crippen LogP contribution in [-0.2, 0) is 4.74 Å². The quantitative estimate of drug-likeness (QED) is 0.697. The van der Waals surface area contributed by atoms with E-state index in [9.17, 15) is 4.79 Å². The number of hydrogen-bond donors (Lipinski definition) is 2. The lowest BCUT2D eigenvalue weighted by atomic mass is 9.99. The Morgan fingerprint density at radius 2 is 2.25 bits per heavy atom. The first kappa shape index (κ1) is 14.7. The highest BCUT2D eigenvalue weighted by Gasteiger charge is 2.29. The van der Waals surface area contributed by atoms with Crippen molar-refractivity contribution in [2.75, 3.05) is 11.4 Å². The Balaban J connectivity index is 1.82. The molecule has 24 heavy (non-hydrogen) atoms. The van der Waals surface area contributed by atoms with Gasteiger partial charge in [0.05, 0.1) is 30.1 Å². The van der Waals surface area contributed by atoms with Gasteiger partial charge < -0.3 is 14.7 Å². The Hall–Kier alpha value is -2.90. The number of hydrogen-bond acceptors (Lipinski definition) is 6. The number of ether oxygens (including phenoxy) is 1. The summed E-state index contributed by atoms with van der Waals surface area (Å²) in [5.74, 6) is 0. The van der Waals surface area contributed by atoms with Crippen LogP contribution in [0.1, 0.15) is 19.8 Å². The van der Waals surface area contributed by atoms with E-state index in [1.54, 1.807) is 18.6 Å². The summed E-state index contributed by atoms with van der Waals surface area (Å²) < 4.78 is 5.00. The maximum absolute atomic E-state index is 10.9. The van der Waals surface area contributed by atoms with Gasteiger partial charge in [0.2, 0.25) is 0 Å². The lowest BCUT2D eigenvalue weighted by molar-refractivity contribution is 0.0427. The van der Waals surface area contributed by atoms with Crippen LogP contribution in [0.15, 0.2) is 24.7 Å². The van der Waals surface area contributed by atoms with Crippen molar-refractivity contribution >= 4 is 33.8 Å². The molecule has 2 N–H and O–H groups in total. The average Bonchev–Trinajstić information content (AvgIpc) is 3.04. The van der Waals surface area contributed by atoms with Gasteiger partial charge in [-0.05, 0) is 25.8 Å². The van der Waals surface area contributed by atoms with E-state index < -0.39 is 6.16 Å². The van der Waals surface area contributed by atoms with Crippen LogP contribution in [0.25, 0.3) is 21.9 Å². The Labute approximate surface area is 137 Å². The summed E-state index contributed by atoms with van der Waals surface area (Å²) in [6.07, 6.45) is 5.24. The van der Waals surface area contributed by atoms with Crippen LogP contribution in [0.3, 0.4) is 0 Å². The number of pyridine rings is 1. The third kappa shape index (κ3) is 2.40. The highest BCUT2D eigenvalue weighted by molar-refractivity contribution is 6.09. The van der Waals surface area contributed by atoms with Crippen LogP contribution in [0.2, 0.25) is 0 Å². The molecule has 1 aliphatic rings. The molecule has 0 saturated carbocycles. The molecule has 0 radical (unpaired) electrons. The molecular weight excluding hydrogens is 310 g/mol. The largest absolute Gasteiger partial charge is 0.506 e. The summed E-state index contributed by atoms with van der Waals surface area (Å²) in [6, 6.07) is 2.19. The minimum absolute atomic E-state index is 0.261. The average molecular weight is 327 g/mol. The van der Waals surface area contributed by atoms with Crippen LogP contribution in [0.4, 0.5) is 10.5 Å². The van der Waals surface area contributed by atoms with Crippen LogP contribution >= 0.6 is 0 Å². The van der Waals surface area contributed by atoms with E-state index >= 15 is 0 Å². The molecule has 1 fully saturated rings. The number of piperidine rings is 1. The number of nitrogens with one attached hydrogen (secondary N) is 1. The number of aromatic nitrogens is 4. The van der Waals surface area contributed by atoms with Crippen molar-refractivity contribution in [3.05, 3.63) is 24.7 Å². The monoisotopic (exact) mass is 327 g/mol. The summed E-state index contributed by atoms with van der Waals surface area (Å²) in [6.45, 7) is 2.63. The van der Waals surface area contributed by atoms with Crippen LogP contribution in [-0.4, -0.2) is 50.1 Å². The smallest absolute Gasteiger partial charge is 0.450 e. The van der Waals surface area contributed by atoms with Crippen molar-refractivity contribution < 1.29 is 14.6 Å². The number of nitrogens with zero attached hydrogens (tertiary/aromatic N) is 4. The van der Waals surface area contributed by atoms with Gasteiger partial charge in [0.25, 0.3) is 0 Å². The fourth-order valence-electron chi connectivity index (χ4n) is 3.41. The van der Waals surface area contributed by atoms with Crippen molar-refractivity contribution in [3.63, 3.8) is 0 Å². The standard InChI is InChI=1S/C16H17N5O3/c1-9-2-3-10(24-16(22)23)8-21(9)13-7-19-20-12-6-18-15-11(14(12)13)4-5-17-15/h4-7,9-10,20H,2-3,8H2,1H3,(H,22,23). The van der Waals surface area contributed by atoms with Gasteiger partial charge in [-0.3, -0.25) is 5.10 Å².